The van der Waals surface area contributed by atoms with E-state index in [9.17, 15) is 9.59 Å². The van der Waals surface area contributed by atoms with Gasteiger partial charge in [0.05, 0.1) is 11.7 Å². The molecule has 6 heteroatoms. The Morgan fingerprint density at radius 1 is 1.06 bits per heavy atom. The lowest BCUT2D eigenvalue weighted by Crippen LogP contribution is -2.34. The summed E-state index contributed by atoms with van der Waals surface area (Å²) in [5.41, 5.74) is 9.79. The van der Waals surface area contributed by atoms with E-state index in [2.05, 4.69) is 38.0 Å². The maximum absolute atomic E-state index is 13.2. The summed E-state index contributed by atoms with van der Waals surface area (Å²) in [6, 6.07) is 15.2. The molecule has 1 heterocycles. The summed E-state index contributed by atoms with van der Waals surface area (Å²) in [6.07, 6.45) is 3.96. The molecule has 1 unspecified atom stereocenters. The van der Waals surface area contributed by atoms with E-state index < -0.39 is 0 Å². The first-order valence-electron chi connectivity index (χ1n) is 12.2. The number of amides is 2. The highest BCUT2D eigenvalue weighted by molar-refractivity contribution is 6.06. The second-order valence-corrected chi connectivity index (χ2v) is 9.12. The van der Waals surface area contributed by atoms with Gasteiger partial charge in [-0.3, -0.25) is 9.59 Å². The smallest absolute Gasteiger partial charge is 0.251 e. The second kappa shape index (κ2) is 11.6. The van der Waals surface area contributed by atoms with Gasteiger partial charge in [0.25, 0.3) is 5.91 Å². The van der Waals surface area contributed by atoms with Gasteiger partial charge in [-0.25, -0.2) is 4.99 Å². The van der Waals surface area contributed by atoms with Crippen LogP contribution in [0.1, 0.15) is 74.5 Å². The van der Waals surface area contributed by atoms with Crippen LogP contribution in [0.25, 0.3) is 6.08 Å². The van der Waals surface area contributed by atoms with E-state index in [1.807, 2.05) is 47.4 Å². The van der Waals surface area contributed by atoms with Crippen molar-refractivity contribution in [1.82, 2.24) is 10.2 Å². The molecule has 2 aromatic carbocycles. The fourth-order valence-corrected chi connectivity index (χ4v) is 4.25. The number of benzene rings is 2. The quantitative estimate of drug-likeness (QED) is 0.536. The molecule has 3 N–H and O–H groups in total. The fourth-order valence-electron chi connectivity index (χ4n) is 4.25. The third kappa shape index (κ3) is 6.13. The van der Waals surface area contributed by atoms with Crippen molar-refractivity contribution in [2.45, 2.75) is 53.0 Å². The van der Waals surface area contributed by atoms with E-state index in [-0.39, 0.29) is 23.8 Å². The molecule has 0 fully saturated rings. The number of carbonyl (C=O) groups excluding carboxylic acids is 2. The number of hydrogen-bond donors (Lipinski definition) is 2. The van der Waals surface area contributed by atoms with Gasteiger partial charge in [-0.2, -0.15) is 0 Å². The van der Waals surface area contributed by atoms with Gasteiger partial charge in [0.15, 0.2) is 0 Å². The molecule has 0 bridgehead atoms. The number of hydrogen-bond acceptors (Lipinski definition) is 4. The van der Waals surface area contributed by atoms with Crippen molar-refractivity contribution in [2.75, 3.05) is 13.1 Å². The molecule has 0 radical (unpaired) electrons. The highest BCUT2D eigenvalue weighted by atomic mass is 16.2. The Morgan fingerprint density at radius 3 is 2.35 bits per heavy atom. The molecule has 1 aliphatic heterocycles. The van der Waals surface area contributed by atoms with E-state index >= 15 is 0 Å². The zero-order chi connectivity index (χ0) is 24.7. The first-order valence-corrected chi connectivity index (χ1v) is 12.2. The van der Waals surface area contributed by atoms with Crippen LogP contribution in [0.4, 0.5) is 5.69 Å². The summed E-state index contributed by atoms with van der Waals surface area (Å²) in [5.74, 6) is 0.430. The van der Waals surface area contributed by atoms with Gasteiger partial charge in [-0.15, -0.1) is 0 Å². The number of nitrogens with zero attached hydrogens (tertiary/aromatic N) is 2. The number of nitrogens with two attached hydrogens (primary N) is 1. The number of aliphatic imine (C=N–C) groups is 1. The summed E-state index contributed by atoms with van der Waals surface area (Å²) < 4.78 is 0. The lowest BCUT2D eigenvalue weighted by atomic mass is 9.95. The number of fused-ring (bicyclic) bond motifs is 1. The van der Waals surface area contributed by atoms with Gasteiger partial charge in [-0.05, 0) is 42.5 Å². The number of rotatable bonds is 9. The standard InChI is InChI=1S/C28H36N4O2/c1-5-14-32(15-6-2)28(34)23-16-21-12-13-22(17-24(21)30-25(29)18-23)27(33)31-26(19(3)4)20-10-8-7-9-11-20/h7-13,16-17,19,26H,5-6,14-15,18H2,1-4H3,(H2,29,30)(H,31,33). The first kappa shape index (κ1) is 25.2. The number of nitrogens with one attached hydrogen (secondary N) is 1. The zero-order valence-corrected chi connectivity index (χ0v) is 20.7. The largest absolute Gasteiger partial charge is 0.387 e. The van der Waals surface area contributed by atoms with Gasteiger partial charge in [0, 0.05) is 36.2 Å². The Balaban J connectivity index is 1.87. The minimum Gasteiger partial charge on any atom is -0.387 e. The predicted molar refractivity (Wildman–Crippen MR) is 139 cm³/mol. The van der Waals surface area contributed by atoms with E-state index in [0.717, 1.165) is 24.0 Å². The van der Waals surface area contributed by atoms with Crippen LogP contribution in [0.2, 0.25) is 0 Å². The lowest BCUT2D eigenvalue weighted by Gasteiger charge is -2.23. The Hall–Kier alpha value is -3.41. The van der Waals surface area contributed by atoms with E-state index in [1.54, 1.807) is 12.1 Å². The van der Waals surface area contributed by atoms with Crippen LogP contribution in [-0.2, 0) is 4.79 Å². The maximum Gasteiger partial charge on any atom is 0.251 e. The van der Waals surface area contributed by atoms with E-state index in [4.69, 9.17) is 5.73 Å². The summed E-state index contributed by atoms with van der Waals surface area (Å²) in [7, 11) is 0. The molecular weight excluding hydrogens is 424 g/mol. The third-order valence-corrected chi connectivity index (χ3v) is 5.92. The Bertz CT molecular complexity index is 1070. The highest BCUT2D eigenvalue weighted by Gasteiger charge is 2.23. The van der Waals surface area contributed by atoms with Crippen LogP contribution < -0.4 is 11.1 Å². The molecule has 1 atom stereocenters. The summed E-state index contributed by atoms with van der Waals surface area (Å²) in [5, 5.41) is 3.16. The van der Waals surface area contributed by atoms with Crippen molar-refractivity contribution in [2.24, 2.45) is 16.6 Å². The van der Waals surface area contributed by atoms with Crippen LogP contribution in [0.3, 0.4) is 0 Å². The second-order valence-electron chi connectivity index (χ2n) is 9.12. The minimum absolute atomic E-state index is 0.000782. The summed E-state index contributed by atoms with van der Waals surface area (Å²) in [6.45, 7) is 9.73. The van der Waals surface area contributed by atoms with Gasteiger partial charge in [0.2, 0.25) is 5.91 Å². The van der Waals surface area contributed by atoms with Crippen LogP contribution in [-0.4, -0.2) is 35.6 Å². The Kier molecular flexibility index (Phi) is 8.63. The predicted octanol–water partition coefficient (Wildman–Crippen LogP) is 5.24. The molecule has 6 nitrogen and oxygen atoms in total. The summed E-state index contributed by atoms with van der Waals surface area (Å²) in [4.78, 5) is 32.7. The van der Waals surface area contributed by atoms with Crippen LogP contribution >= 0.6 is 0 Å². The zero-order valence-electron chi connectivity index (χ0n) is 20.7. The van der Waals surface area contributed by atoms with E-state index in [1.165, 1.54) is 0 Å². The van der Waals surface area contributed by atoms with Crippen LogP contribution in [0.15, 0.2) is 59.1 Å². The van der Waals surface area contributed by atoms with Gasteiger partial charge >= 0.3 is 0 Å². The Morgan fingerprint density at radius 2 is 1.74 bits per heavy atom. The molecule has 0 saturated heterocycles. The molecule has 0 aromatic heterocycles. The number of carbonyl (C=O) groups is 2. The van der Waals surface area contributed by atoms with Gasteiger partial charge in [0.1, 0.15) is 5.84 Å². The SMILES string of the molecule is CCCN(CCC)C(=O)C1=Cc2ccc(C(=O)NC(c3ccccc3)C(C)C)cc2N=C(N)C1. The average molecular weight is 461 g/mol. The average Bonchev–Trinajstić information content (AvgIpc) is 2.99. The van der Waals surface area contributed by atoms with Crippen molar-refractivity contribution in [3.8, 4) is 0 Å². The van der Waals surface area contributed by atoms with Crippen molar-refractivity contribution >= 4 is 29.4 Å². The molecule has 0 saturated carbocycles. The molecule has 3 rings (SSSR count). The molecule has 180 valence electrons. The van der Waals surface area contributed by atoms with Crippen molar-refractivity contribution in [1.29, 1.82) is 0 Å². The molecular formula is C28H36N4O2. The number of amidine groups is 1. The monoisotopic (exact) mass is 460 g/mol. The van der Waals surface area contributed by atoms with Crippen molar-refractivity contribution < 1.29 is 9.59 Å². The van der Waals surface area contributed by atoms with E-state index in [0.29, 0.717) is 42.2 Å². The molecule has 1 aliphatic rings. The molecule has 0 aliphatic carbocycles. The Labute approximate surface area is 203 Å². The lowest BCUT2D eigenvalue weighted by molar-refractivity contribution is -0.127. The molecule has 2 amide bonds. The van der Waals surface area contributed by atoms with Crippen molar-refractivity contribution in [3.63, 3.8) is 0 Å². The van der Waals surface area contributed by atoms with Crippen LogP contribution in [0.5, 0.6) is 0 Å². The third-order valence-electron chi connectivity index (χ3n) is 5.92. The van der Waals surface area contributed by atoms with Gasteiger partial charge < -0.3 is 16.0 Å². The first-order chi connectivity index (χ1) is 16.3. The molecule has 2 aromatic rings. The van der Waals surface area contributed by atoms with Crippen molar-refractivity contribution in [3.05, 3.63) is 70.8 Å². The summed E-state index contributed by atoms with van der Waals surface area (Å²) >= 11 is 0. The van der Waals surface area contributed by atoms with Gasteiger partial charge in [-0.1, -0.05) is 64.1 Å². The normalized spacial score (nSPS) is 13.9. The molecule has 0 spiro atoms. The highest BCUT2D eigenvalue weighted by Crippen LogP contribution is 2.29. The minimum atomic E-state index is -0.166. The topological polar surface area (TPSA) is 87.8 Å². The molecule has 34 heavy (non-hydrogen) atoms. The fraction of sp³-hybridized carbons (Fsp3) is 0.393. The maximum atomic E-state index is 13.2. The van der Waals surface area contributed by atoms with Crippen LogP contribution in [0, 0.1) is 5.92 Å².